The topological polar surface area (TPSA) is 58.2 Å². The summed E-state index contributed by atoms with van der Waals surface area (Å²) >= 11 is 0. The largest absolute Gasteiger partial charge is 0.347 e. The highest BCUT2D eigenvalue weighted by molar-refractivity contribution is 5.96. The highest BCUT2D eigenvalue weighted by Crippen LogP contribution is 2.37. The van der Waals surface area contributed by atoms with Crippen molar-refractivity contribution >= 4 is 17.5 Å². The number of amides is 2. The fraction of sp³-hybridized carbons (Fsp3) is 0.467. The van der Waals surface area contributed by atoms with E-state index in [4.69, 9.17) is 0 Å². The summed E-state index contributed by atoms with van der Waals surface area (Å²) < 4.78 is 0. The molecule has 2 atom stereocenters. The fourth-order valence-corrected chi connectivity index (χ4v) is 2.18. The number of para-hydroxylation sites is 1. The van der Waals surface area contributed by atoms with E-state index in [0.29, 0.717) is 5.92 Å². The van der Waals surface area contributed by atoms with Crippen molar-refractivity contribution in [1.29, 1.82) is 0 Å². The second-order valence-electron chi connectivity index (χ2n) is 5.35. The van der Waals surface area contributed by atoms with Gasteiger partial charge in [0.1, 0.15) is 0 Å². The van der Waals surface area contributed by atoms with Gasteiger partial charge in [-0.2, -0.15) is 0 Å². The third-order valence-corrected chi connectivity index (χ3v) is 3.61. The summed E-state index contributed by atoms with van der Waals surface area (Å²) in [5.41, 5.74) is 2.88. The molecule has 4 heteroatoms. The lowest BCUT2D eigenvalue weighted by Crippen LogP contribution is -2.34. The van der Waals surface area contributed by atoms with E-state index in [-0.39, 0.29) is 24.3 Å². The molecular formula is C15H20N2O2. The van der Waals surface area contributed by atoms with Crippen LogP contribution in [0.4, 0.5) is 5.69 Å². The summed E-state index contributed by atoms with van der Waals surface area (Å²) in [6, 6.07) is 5.86. The minimum absolute atomic E-state index is 0.0100. The molecule has 1 aliphatic rings. The van der Waals surface area contributed by atoms with Gasteiger partial charge in [-0.25, -0.2) is 0 Å². The van der Waals surface area contributed by atoms with E-state index in [0.717, 1.165) is 23.2 Å². The van der Waals surface area contributed by atoms with Gasteiger partial charge in [0.05, 0.1) is 6.54 Å². The molecule has 0 aliphatic heterocycles. The van der Waals surface area contributed by atoms with E-state index >= 15 is 0 Å². The SMILES string of the molecule is Cc1cccc(C)c1NC(=O)CNC(=O)[C@H]1C[C@H]1C. The number of nitrogens with one attached hydrogen (secondary N) is 2. The van der Waals surface area contributed by atoms with E-state index in [1.54, 1.807) is 0 Å². The smallest absolute Gasteiger partial charge is 0.243 e. The number of carbonyl (C=O) groups excluding carboxylic acids is 2. The Bertz CT molecular complexity index is 491. The first-order valence-corrected chi connectivity index (χ1v) is 6.63. The predicted octanol–water partition coefficient (Wildman–Crippen LogP) is 2.01. The van der Waals surface area contributed by atoms with Crippen molar-refractivity contribution in [3.05, 3.63) is 29.3 Å². The Kier molecular flexibility index (Phi) is 3.88. The maximum Gasteiger partial charge on any atom is 0.243 e. The van der Waals surface area contributed by atoms with Gasteiger partial charge in [-0.15, -0.1) is 0 Å². The van der Waals surface area contributed by atoms with Gasteiger partial charge in [-0.3, -0.25) is 9.59 Å². The maximum absolute atomic E-state index is 11.8. The summed E-state index contributed by atoms with van der Waals surface area (Å²) in [4.78, 5) is 23.4. The van der Waals surface area contributed by atoms with E-state index in [1.807, 2.05) is 39.0 Å². The molecule has 1 fully saturated rings. The average molecular weight is 260 g/mol. The van der Waals surface area contributed by atoms with Gasteiger partial charge in [-0.05, 0) is 37.3 Å². The monoisotopic (exact) mass is 260 g/mol. The molecule has 2 N–H and O–H groups in total. The number of hydrogen-bond donors (Lipinski definition) is 2. The molecule has 1 saturated carbocycles. The van der Waals surface area contributed by atoms with Crippen LogP contribution in [0.5, 0.6) is 0 Å². The van der Waals surface area contributed by atoms with Gasteiger partial charge in [0.15, 0.2) is 0 Å². The fourth-order valence-electron chi connectivity index (χ4n) is 2.18. The molecule has 0 spiro atoms. The Morgan fingerprint density at radius 3 is 2.37 bits per heavy atom. The lowest BCUT2D eigenvalue weighted by molar-refractivity contribution is -0.125. The molecule has 102 valence electrons. The van der Waals surface area contributed by atoms with Crippen LogP contribution < -0.4 is 10.6 Å². The lowest BCUT2D eigenvalue weighted by Gasteiger charge is -2.11. The van der Waals surface area contributed by atoms with Crippen molar-refractivity contribution in [1.82, 2.24) is 5.32 Å². The van der Waals surface area contributed by atoms with Crippen molar-refractivity contribution in [3.8, 4) is 0 Å². The van der Waals surface area contributed by atoms with Gasteiger partial charge >= 0.3 is 0 Å². The van der Waals surface area contributed by atoms with Crippen molar-refractivity contribution < 1.29 is 9.59 Å². The van der Waals surface area contributed by atoms with Crippen LogP contribution in [0.25, 0.3) is 0 Å². The van der Waals surface area contributed by atoms with Crippen molar-refractivity contribution in [2.45, 2.75) is 27.2 Å². The summed E-state index contributed by atoms with van der Waals surface area (Å²) in [6.45, 7) is 5.98. The first-order valence-electron chi connectivity index (χ1n) is 6.63. The van der Waals surface area contributed by atoms with E-state index in [9.17, 15) is 9.59 Å². The molecule has 1 aliphatic carbocycles. The van der Waals surface area contributed by atoms with Gasteiger partial charge < -0.3 is 10.6 Å². The molecular weight excluding hydrogens is 240 g/mol. The van der Waals surface area contributed by atoms with Gasteiger partial charge in [-0.1, -0.05) is 25.1 Å². The second kappa shape index (κ2) is 5.43. The molecule has 0 heterocycles. The average Bonchev–Trinajstić information content (AvgIpc) is 3.08. The highest BCUT2D eigenvalue weighted by atomic mass is 16.2. The number of rotatable bonds is 4. The quantitative estimate of drug-likeness (QED) is 0.870. The van der Waals surface area contributed by atoms with Crippen molar-refractivity contribution in [2.75, 3.05) is 11.9 Å². The van der Waals surface area contributed by atoms with Crippen LogP contribution in [0.15, 0.2) is 18.2 Å². The maximum atomic E-state index is 11.8. The minimum atomic E-state index is -0.181. The van der Waals surface area contributed by atoms with E-state index < -0.39 is 0 Å². The van der Waals surface area contributed by atoms with Crippen LogP contribution in [0.1, 0.15) is 24.5 Å². The molecule has 0 saturated heterocycles. The van der Waals surface area contributed by atoms with Gasteiger partial charge in [0, 0.05) is 11.6 Å². The Morgan fingerprint density at radius 2 is 1.84 bits per heavy atom. The van der Waals surface area contributed by atoms with E-state index in [2.05, 4.69) is 10.6 Å². The summed E-state index contributed by atoms with van der Waals surface area (Å²) in [6.07, 6.45) is 0.935. The normalized spacial score (nSPS) is 20.8. The molecule has 1 aromatic carbocycles. The molecule has 0 bridgehead atoms. The molecule has 0 aromatic heterocycles. The standard InChI is InChI=1S/C15H20N2O2/c1-9-5-4-6-10(2)14(9)17-13(18)8-16-15(19)12-7-11(12)3/h4-6,11-12H,7-8H2,1-3H3,(H,16,19)(H,17,18)/t11-,12+/m1/s1. The van der Waals surface area contributed by atoms with Crippen LogP contribution in [0, 0.1) is 25.7 Å². The summed E-state index contributed by atoms with van der Waals surface area (Å²) in [7, 11) is 0. The third-order valence-electron chi connectivity index (χ3n) is 3.61. The number of carbonyl (C=O) groups is 2. The summed E-state index contributed by atoms with van der Waals surface area (Å²) in [5, 5.41) is 5.53. The molecule has 1 aromatic rings. The van der Waals surface area contributed by atoms with Gasteiger partial charge in [0.25, 0.3) is 0 Å². The lowest BCUT2D eigenvalue weighted by atomic mass is 10.1. The van der Waals surface area contributed by atoms with Gasteiger partial charge in [0.2, 0.25) is 11.8 Å². The molecule has 2 rings (SSSR count). The first kappa shape index (κ1) is 13.6. The van der Waals surface area contributed by atoms with Crippen LogP contribution >= 0.6 is 0 Å². The van der Waals surface area contributed by atoms with Crippen molar-refractivity contribution in [2.24, 2.45) is 11.8 Å². The Labute approximate surface area is 113 Å². The molecule has 0 radical (unpaired) electrons. The molecule has 2 amide bonds. The van der Waals surface area contributed by atoms with Crippen LogP contribution in [-0.2, 0) is 9.59 Å². The zero-order valence-electron chi connectivity index (χ0n) is 11.6. The first-order chi connectivity index (χ1) is 8.99. The number of benzene rings is 1. The Hall–Kier alpha value is -1.84. The number of hydrogen-bond acceptors (Lipinski definition) is 2. The highest BCUT2D eigenvalue weighted by Gasteiger charge is 2.38. The van der Waals surface area contributed by atoms with Crippen LogP contribution in [-0.4, -0.2) is 18.4 Å². The Balaban J connectivity index is 1.86. The van der Waals surface area contributed by atoms with Crippen molar-refractivity contribution in [3.63, 3.8) is 0 Å². The minimum Gasteiger partial charge on any atom is -0.347 e. The zero-order chi connectivity index (χ0) is 14.0. The molecule has 0 unspecified atom stereocenters. The van der Waals surface area contributed by atoms with E-state index in [1.165, 1.54) is 0 Å². The zero-order valence-corrected chi connectivity index (χ0v) is 11.6. The number of aryl methyl sites for hydroxylation is 2. The van der Waals surface area contributed by atoms with Crippen LogP contribution in [0.2, 0.25) is 0 Å². The predicted molar refractivity (Wildman–Crippen MR) is 74.8 cm³/mol. The second-order valence-corrected chi connectivity index (χ2v) is 5.35. The molecule has 4 nitrogen and oxygen atoms in total. The number of anilines is 1. The third kappa shape index (κ3) is 3.34. The summed E-state index contributed by atoms with van der Waals surface area (Å²) in [5.74, 6) is 0.373. The van der Waals surface area contributed by atoms with Crippen LogP contribution in [0.3, 0.4) is 0 Å². The molecule has 19 heavy (non-hydrogen) atoms. The Morgan fingerprint density at radius 1 is 1.26 bits per heavy atom.